The van der Waals surface area contributed by atoms with Crippen molar-refractivity contribution in [1.29, 1.82) is 0 Å². The molecule has 0 aliphatic heterocycles. The highest BCUT2D eigenvalue weighted by Gasteiger charge is 1.92. The number of aliphatic hydroxyl groups is 1. The Morgan fingerprint density at radius 1 is 1.33 bits per heavy atom. The summed E-state index contributed by atoms with van der Waals surface area (Å²) in [6.45, 7) is 4.92. The fraction of sp³-hybridized carbons (Fsp3) is 0.231. The Balaban J connectivity index is 2.22. The second-order valence-corrected chi connectivity index (χ2v) is 3.22. The van der Waals surface area contributed by atoms with Gasteiger partial charge in [-0.25, -0.2) is 0 Å². The molecule has 0 unspecified atom stereocenters. The Labute approximate surface area is 90.5 Å². The van der Waals surface area contributed by atoms with Gasteiger partial charge in [0.05, 0.1) is 19.8 Å². The minimum absolute atomic E-state index is 0.0394. The van der Waals surface area contributed by atoms with Crippen LogP contribution in [0.3, 0.4) is 0 Å². The van der Waals surface area contributed by atoms with Crippen LogP contribution in [0.25, 0.3) is 0 Å². The molecule has 1 N–H and O–H groups in total. The number of hydrogen-bond donors (Lipinski definition) is 1. The first kappa shape index (κ1) is 11.7. The number of ether oxygens (including phenoxy) is 1. The van der Waals surface area contributed by atoms with Crippen LogP contribution in [0.5, 0.6) is 0 Å². The summed E-state index contributed by atoms with van der Waals surface area (Å²) in [4.78, 5) is 0. The van der Waals surface area contributed by atoms with Crippen molar-refractivity contribution in [3.63, 3.8) is 0 Å². The van der Waals surface area contributed by atoms with Gasteiger partial charge in [0.25, 0.3) is 0 Å². The van der Waals surface area contributed by atoms with E-state index < -0.39 is 0 Å². The summed E-state index contributed by atoms with van der Waals surface area (Å²) in [6, 6.07) is 9.99. The molecule has 0 aliphatic rings. The standard InChI is InChI=1S/C13H16O2/c1-12(6-5-9-14)10-15-11-13-7-3-2-4-8-13/h2-8,14H,1,9-11H2/b6-5-. The van der Waals surface area contributed by atoms with E-state index in [0.717, 1.165) is 11.1 Å². The van der Waals surface area contributed by atoms with Gasteiger partial charge in [-0.05, 0) is 11.1 Å². The Hall–Kier alpha value is -1.38. The Kier molecular flexibility index (Phi) is 5.44. The zero-order chi connectivity index (χ0) is 10.9. The lowest BCUT2D eigenvalue weighted by atomic mass is 10.2. The Bertz CT molecular complexity index is 315. The van der Waals surface area contributed by atoms with Crippen LogP contribution in [0.2, 0.25) is 0 Å². The first-order valence-electron chi connectivity index (χ1n) is 4.90. The van der Waals surface area contributed by atoms with Crippen LogP contribution in [0.1, 0.15) is 5.56 Å². The average Bonchev–Trinajstić information content (AvgIpc) is 2.28. The first-order valence-corrected chi connectivity index (χ1v) is 4.90. The Morgan fingerprint density at radius 3 is 2.73 bits per heavy atom. The highest BCUT2D eigenvalue weighted by Crippen LogP contribution is 2.02. The average molecular weight is 204 g/mol. The van der Waals surface area contributed by atoms with Crippen molar-refractivity contribution < 1.29 is 9.84 Å². The van der Waals surface area contributed by atoms with Gasteiger partial charge in [-0.15, -0.1) is 0 Å². The SMILES string of the molecule is C=C(/C=C\CO)COCc1ccccc1. The van der Waals surface area contributed by atoms with Crippen LogP contribution in [0.15, 0.2) is 54.6 Å². The molecular weight excluding hydrogens is 188 g/mol. The largest absolute Gasteiger partial charge is 0.392 e. The maximum atomic E-state index is 8.55. The van der Waals surface area contributed by atoms with Crippen molar-refractivity contribution in [3.8, 4) is 0 Å². The summed E-state index contributed by atoms with van der Waals surface area (Å²) in [5.74, 6) is 0. The van der Waals surface area contributed by atoms with Crippen LogP contribution in [0.4, 0.5) is 0 Å². The molecule has 0 atom stereocenters. The molecule has 15 heavy (non-hydrogen) atoms. The summed E-state index contributed by atoms with van der Waals surface area (Å²) < 4.78 is 5.45. The lowest BCUT2D eigenvalue weighted by Gasteiger charge is -2.03. The number of hydrogen-bond acceptors (Lipinski definition) is 2. The molecule has 0 heterocycles. The van der Waals surface area contributed by atoms with Gasteiger partial charge in [-0.1, -0.05) is 49.1 Å². The number of aliphatic hydroxyl groups excluding tert-OH is 1. The van der Waals surface area contributed by atoms with Crippen molar-refractivity contribution >= 4 is 0 Å². The molecule has 0 amide bonds. The van der Waals surface area contributed by atoms with E-state index in [4.69, 9.17) is 9.84 Å². The summed E-state index contributed by atoms with van der Waals surface area (Å²) in [7, 11) is 0. The van der Waals surface area contributed by atoms with Crippen molar-refractivity contribution in [3.05, 3.63) is 60.2 Å². The smallest absolute Gasteiger partial charge is 0.0721 e. The molecule has 80 valence electrons. The number of benzene rings is 1. The van der Waals surface area contributed by atoms with Gasteiger partial charge in [-0.3, -0.25) is 0 Å². The molecule has 0 fully saturated rings. The highest BCUT2D eigenvalue weighted by molar-refractivity contribution is 5.16. The van der Waals surface area contributed by atoms with E-state index in [1.807, 2.05) is 30.3 Å². The summed E-state index contributed by atoms with van der Waals surface area (Å²) in [6.07, 6.45) is 3.42. The van der Waals surface area contributed by atoms with Crippen LogP contribution in [-0.2, 0) is 11.3 Å². The van der Waals surface area contributed by atoms with Crippen molar-refractivity contribution in [2.75, 3.05) is 13.2 Å². The molecule has 0 radical (unpaired) electrons. The van der Waals surface area contributed by atoms with Gasteiger partial charge in [0.15, 0.2) is 0 Å². The van der Waals surface area contributed by atoms with Gasteiger partial charge in [-0.2, -0.15) is 0 Å². The summed E-state index contributed by atoms with van der Waals surface area (Å²) in [5.41, 5.74) is 2.01. The van der Waals surface area contributed by atoms with Gasteiger partial charge in [0, 0.05) is 0 Å². The molecular formula is C13H16O2. The monoisotopic (exact) mass is 204 g/mol. The minimum Gasteiger partial charge on any atom is -0.392 e. The molecule has 0 bridgehead atoms. The minimum atomic E-state index is 0.0394. The third kappa shape index (κ3) is 5.15. The fourth-order valence-electron chi connectivity index (χ4n) is 1.14. The third-order valence-electron chi connectivity index (χ3n) is 1.86. The van der Waals surface area contributed by atoms with Gasteiger partial charge in [0.2, 0.25) is 0 Å². The first-order chi connectivity index (χ1) is 7.33. The molecule has 1 aromatic carbocycles. The summed E-state index contributed by atoms with van der Waals surface area (Å²) >= 11 is 0. The zero-order valence-electron chi connectivity index (χ0n) is 8.73. The van der Waals surface area contributed by atoms with E-state index in [0.29, 0.717) is 13.2 Å². The van der Waals surface area contributed by atoms with E-state index in [-0.39, 0.29) is 6.61 Å². The van der Waals surface area contributed by atoms with Crippen LogP contribution >= 0.6 is 0 Å². The highest BCUT2D eigenvalue weighted by atomic mass is 16.5. The molecule has 2 heteroatoms. The molecule has 0 aliphatic carbocycles. The van der Waals surface area contributed by atoms with Crippen LogP contribution < -0.4 is 0 Å². The van der Waals surface area contributed by atoms with Gasteiger partial charge < -0.3 is 9.84 Å². The third-order valence-corrected chi connectivity index (χ3v) is 1.86. The summed E-state index contributed by atoms with van der Waals surface area (Å²) in [5, 5.41) is 8.55. The van der Waals surface area contributed by atoms with Crippen LogP contribution in [-0.4, -0.2) is 18.3 Å². The van der Waals surface area contributed by atoms with Crippen molar-refractivity contribution in [2.45, 2.75) is 6.61 Å². The molecule has 0 saturated carbocycles. The molecule has 2 nitrogen and oxygen atoms in total. The molecule has 0 aromatic heterocycles. The zero-order valence-corrected chi connectivity index (χ0v) is 8.73. The molecule has 0 spiro atoms. The molecule has 1 rings (SSSR count). The topological polar surface area (TPSA) is 29.5 Å². The maximum absolute atomic E-state index is 8.55. The van der Waals surface area contributed by atoms with Crippen molar-refractivity contribution in [1.82, 2.24) is 0 Å². The van der Waals surface area contributed by atoms with E-state index in [9.17, 15) is 0 Å². The van der Waals surface area contributed by atoms with Crippen molar-refractivity contribution in [2.24, 2.45) is 0 Å². The van der Waals surface area contributed by atoms with E-state index in [1.54, 1.807) is 12.2 Å². The lowest BCUT2D eigenvalue weighted by Crippen LogP contribution is -1.96. The quantitative estimate of drug-likeness (QED) is 0.720. The lowest BCUT2D eigenvalue weighted by molar-refractivity contribution is 0.144. The molecule has 0 saturated heterocycles. The van der Waals surface area contributed by atoms with Gasteiger partial charge in [0.1, 0.15) is 0 Å². The van der Waals surface area contributed by atoms with E-state index in [1.165, 1.54) is 0 Å². The predicted molar refractivity (Wildman–Crippen MR) is 61.5 cm³/mol. The number of rotatable bonds is 6. The second kappa shape index (κ2) is 6.98. The van der Waals surface area contributed by atoms with E-state index >= 15 is 0 Å². The molecule has 1 aromatic rings. The Morgan fingerprint density at radius 2 is 2.07 bits per heavy atom. The van der Waals surface area contributed by atoms with Gasteiger partial charge >= 0.3 is 0 Å². The fourth-order valence-corrected chi connectivity index (χ4v) is 1.14. The second-order valence-electron chi connectivity index (χ2n) is 3.22. The maximum Gasteiger partial charge on any atom is 0.0721 e. The predicted octanol–water partition coefficient (Wildman–Crippen LogP) is 2.31. The normalized spacial score (nSPS) is 10.7. The van der Waals surface area contributed by atoms with E-state index in [2.05, 4.69) is 6.58 Å². The van der Waals surface area contributed by atoms with Crippen LogP contribution in [0, 0.1) is 0 Å².